The van der Waals surface area contributed by atoms with Crippen molar-refractivity contribution in [2.45, 2.75) is 13.5 Å². The van der Waals surface area contributed by atoms with Gasteiger partial charge in [-0.1, -0.05) is 29.8 Å². The molecule has 0 bridgehead atoms. The van der Waals surface area contributed by atoms with Gasteiger partial charge in [-0.25, -0.2) is 4.98 Å². The number of nitro groups is 1. The molecule has 0 aliphatic carbocycles. The van der Waals surface area contributed by atoms with E-state index in [9.17, 15) is 19.7 Å². The summed E-state index contributed by atoms with van der Waals surface area (Å²) in [6.07, 6.45) is 2.72. The molecule has 1 fully saturated rings. The monoisotopic (exact) mass is 511 g/mol. The van der Waals surface area contributed by atoms with Gasteiger partial charge in [0.2, 0.25) is 5.88 Å². The van der Waals surface area contributed by atoms with E-state index < -0.39 is 4.92 Å². The predicted octanol–water partition coefficient (Wildman–Crippen LogP) is 6.07. The van der Waals surface area contributed by atoms with Crippen LogP contribution in [0, 0.1) is 10.1 Å². The third-order valence-corrected chi connectivity index (χ3v) is 6.00. The maximum absolute atomic E-state index is 12.9. The highest BCUT2D eigenvalue weighted by Gasteiger charge is 2.35. The van der Waals surface area contributed by atoms with Crippen LogP contribution in [0.5, 0.6) is 17.4 Å². The van der Waals surface area contributed by atoms with Crippen molar-refractivity contribution in [1.82, 2.24) is 9.88 Å². The van der Waals surface area contributed by atoms with Crippen LogP contribution in [-0.2, 0) is 11.3 Å². The molecule has 1 aromatic heterocycles. The summed E-state index contributed by atoms with van der Waals surface area (Å²) in [6.45, 7) is 2.31. The van der Waals surface area contributed by atoms with Gasteiger partial charge in [0.15, 0.2) is 11.5 Å². The molecule has 2 aromatic carbocycles. The van der Waals surface area contributed by atoms with Gasteiger partial charge in [0.25, 0.3) is 16.8 Å². The van der Waals surface area contributed by atoms with Crippen LogP contribution in [-0.4, -0.2) is 32.6 Å². The summed E-state index contributed by atoms with van der Waals surface area (Å²) in [7, 11) is 0. The number of benzene rings is 2. The van der Waals surface area contributed by atoms with E-state index in [1.54, 1.807) is 48.5 Å². The minimum absolute atomic E-state index is 0.150. The lowest BCUT2D eigenvalue weighted by atomic mass is 10.1. The Kier molecular flexibility index (Phi) is 7.33. The second-order valence-electron chi connectivity index (χ2n) is 7.25. The molecular weight excluding hydrogens is 494 g/mol. The van der Waals surface area contributed by atoms with Gasteiger partial charge in [-0.2, -0.15) is 0 Å². The van der Waals surface area contributed by atoms with E-state index in [0.29, 0.717) is 28.7 Å². The first-order chi connectivity index (χ1) is 16.8. The summed E-state index contributed by atoms with van der Waals surface area (Å²) < 4.78 is 11.4. The van der Waals surface area contributed by atoms with Crippen molar-refractivity contribution in [2.75, 3.05) is 6.61 Å². The molecule has 1 saturated heterocycles. The summed E-state index contributed by atoms with van der Waals surface area (Å²) in [5, 5.41) is 11.0. The highest BCUT2D eigenvalue weighted by atomic mass is 35.5. The second-order valence-corrected chi connectivity index (χ2v) is 8.68. The molecule has 2 heterocycles. The fraction of sp³-hybridized carbons (Fsp3) is 0.125. The third-order valence-electron chi connectivity index (χ3n) is 4.84. The Morgan fingerprint density at radius 1 is 1.11 bits per heavy atom. The number of thioether (sulfide) groups is 1. The summed E-state index contributed by atoms with van der Waals surface area (Å²) in [5.41, 5.74) is 1.27. The van der Waals surface area contributed by atoms with E-state index in [1.165, 1.54) is 17.0 Å². The molecule has 0 spiro atoms. The zero-order valence-electron chi connectivity index (χ0n) is 18.3. The minimum atomic E-state index is -0.547. The normalized spacial score (nSPS) is 14.5. The molecule has 2 amide bonds. The molecule has 0 saturated carbocycles. The highest BCUT2D eigenvalue weighted by Crippen LogP contribution is 2.36. The number of pyridine rings is 1. The number of carbonyl (C=O) groups excluding carboxylic acids is 2. The molecule has 1 aliphatic rings. The maximum Gasteiger partial charge on any atom is 0.293 e. The third kappa shape index (κ3) is 5.79. The summed E-state index contributed by atoms with van der Waals surface area (Å²) >= 11 is 6.76. The van der Waals surface area contributed by atoms with Gasteiger partial charge in [0.1, 0.15) is 6.20 Å². The molecule has 0 radical (unpaired) electrons. The molecule has 0 atom stereocenters. The quantitative estimate of drug-likeness (QED) is 0.203. The number of hydrogen-bond donors (Lipinski definition) is 0. The summed E-state index contributed by atoms with van der Waals surface area (Å²) in [5.74, 6) is 0.513. The Morgan fingerprint density at radius 3 is 2.54 bits per heavy atom. The van der Waals surface area contributed by atoms with E-state index >= 15 is 0 Å². The first-order valence-corrected chi connectivity index (χ1v) is 11.6. The molecule has 11 heteroatoms. The van der Waals surface area contributed by atoms with Gasteiger partial charge in [-0.15, -0.1) is 0 Å². The average Bonchev–Trinajstić information content (AvgIpc) is 3.10. The number of halogens is 1. The minimum Gasteiger partial charge on any atom is -0.490 e. The van der Waals surface area contributed by atoms with Gasteiger partial charge in [0.05, 0.1) is 23.0 Å². The average molecular weight is 512 g/mol. The molecule has 0 unspecified atom stereocenters. The van der Waals surface area contributed by atoms with Crippen LogP contribution in [0.3, 0.4) is 0 Å². The molecule has 0 N–H and O–H groups in total. The Balaban J connectivity index is 1.53. The smallest absolute Gasteiger partial charge is 0.293 e. The van der Waals surface area contributed by atoms with Crippen LogP contribution in [0.25, 0.3) is 6.08 Å². The van der Waals surface area contributed by atoms with E-state index in [-0.39, 0.29) is 34.2 Å². The van der Waals surface area contributed by atoms with Crippen molar-refractivity contribution < 1.29 is 24.0 Å². The van der Waals surface area contributed by atoms with Gasteiger partial charge in [-0.05, 0) is 60.2 Å². The van der Waals surface area contributed by atoms with Gasteiger partial charge in [-0.3, -0.25) is 24.6 Å². The van der Waals surface area contributed by atoms with Crippen LogP contribution in [0.4, 0.5) is 10.5 Å². The van der Waals surface area contributed by atoms with Crippen LogP contribution in [0.2, 0.25) is 5.02 Å². The van der Waals surface area contributed by atoms with Crippen LogP contribution in [0.1, 0.15) is 18.1 Å². The van der Waals surface area contributed by atoms with Gasteiger partial charge in [0, 0.05) is 17.2 Å². The molecule has 178 valence electrons. The van der Waals surface area contributed by atoms with E-state index in [0.717, 1.165) is 23.5 Å². The lowest BCUT2D eigenvalue weighted by Gasteiger charge is -2.13. The number of carbonyl (C=O) groups is 2. The number of amides is 2. The lowest BCUT2D eigenvalue weighted by molar-refractivity contribution is -0.385. The van der Waals surface area contributed by atoms with Gasteiger partial charge < -0.3 is 9.47 Å². The molecular formula is C24H18ClN3O6S. The van der Waals surface area contributed by atoms with Crippen molar-refractivity contribution in [1.29, 1.82) is 0 Å². The van der Waals surface area contributed by atoms with Gasteiger partial charge >= 0.3 is 0 Å². The number of imide groups is 1. The standard InChI is InChI=1S/C24H18ClN3O6S/c1-2-33-20-11-16(5-9-19(20)34-22-10-8-18(13-26-22)28(31)32)12-21-23(29)27(24(30)35-21)14-15-3-6-17(25)7-4-15/h3-13H,2,14H2,1H3/b21-12-. The van der Waals surface area contributed by atoms with Crippen LogP contribution >= 0.6 is 23.4 Å². The first kappa shape index (κ1) is 24.2. The zero-order chi connectivity index (χ0) is 24.9. The van der Waals surface area contributed by atoms with Crippen LogP contribution < -0.4 is 9.47 Å². The Morgan fingerprint density at radius 2 is 1.89 bits per heavy atom. The van der Waals surface area contributed by atoms with Crippen molar-refractivity contribution in [2.24, 2.45) is 0 Å². The maximum atomic E-state index is 12.9. The molecule has 35 heavy (non-hydrogen) atoms. The predicted molar refractivity (Wildman–Crippen MR) is 132 cm³/mol. The van der Waals surface area contributed by atoms with Crippen LogP contribution in [0.15, 0.2) is 65.7 Å². The van der Waals surface area contributed by atoms with E-state index in [4.69, 9.17) is 21.1 Å². The fourth-order valence-corrected chi connectivity index (χ4v) is 4.14. The molecule has 3 aromatic rings. The fourth-order valence-electron chi connectivity index (χ4n) is 3.18. The Labute approximate surface area is 209 Å². The van der Waals surface area contributed by atoms with E-state index in [2.05, 4.69) is 4.98 Å². The molecule has 9 nitrogen and oxygen atoms in total. The summed E-state index contributed by atoms with van der Waals surface area (Å²) in [4.78, 5) is 41.0. The number of nitrogens with zero attached hydrogens (tertiary/aromatic N) is 3. The number of aromatic nitrogens is 1. The van der Waals surface area contributed by atoms with Crippen molar-refractivity contribution in [3.63, 3.8) is 0 Å². The first-order valence-electron chi connectivity index (χ1n) is 10.4. The van der Waals surface area contributed by atoms with Crippen molar-refractivity contribution in [3.8, 4) is 17.4 Å². The summed E-state index contributed by atoms with van der Waals surface area (Å²) in [6, 6.07) is 14.6. The lowest BCUT2D eigenvalue weighted by Crippen LogP contribution is -2.27. The highest BCUT2D eigenvalue weighted by molar-refractivity contribution is 8.18. The number of rotatable bonds is 8. The Bertz CT molecular complexity index is 1310. The second kappa shape index (κ2) is 10.6. The number of ether oxygens (including phenoxy) is 2. The zero-order valence-corrected chi connectivity index (χ0v) is 19.9. The molecule has 4 rings (SSSR count). The molecule has 1 aliphatic heterocycles. The Hall–Kier alpha value is -3.89. The van der Waals surface area contributed by atoms with Crippen molar-refractivity contribution in [3.05, 3.63) is 92.0 Å². The van der Waals surface area contributed by atoms with E-state index in [1.807, 2.05) is 6.92 Å². The van der Waals surface area contributed by atoms with Crippen molar-refractivity contribution >= 4 is 46.3 Å². The largest absolute Gasteiger partial charge is 0.490 e. The SMILES string of the molecule is CCOc1cc(/C=C2\SC(=O)N(Cc3ccc(Cl)cc3)C2=O)ccc1Oc1ccc([N+](=O)[O-])cn1. The number of hydrogen-bond acceptors (Lipinski definition) is 8. The topological polar surface area (TPSA) is 112 Å².